The second-order valence-electron chi connectivity index (χ2n) is 5.77. The maximum Gasteiger partial charge on any atom is 0.237 e. The molecule has 6 nitrogen and oxygen atoms in total. The molecule has 1 saturated carbocycles. The Bertz CT molecular complexity index is 561. The molecule has 0 bridgehead atoms. The van der Waals surface area contributed by atoms with Crippen LogP contribution in [0.15, 0.2) is 0 Å². The molecule has 0 aromatic rings. The third-order valence-corrected chi connectivity index (χ3v) is 8.13. The Morgan fingerprint density at radius 1 is 1.19 bits per heavy atom. The van der Waals surface area contributed by atoms with Crippen LogP contribution in [0.3, 0.4) is 0 Å². The summed E-state index contributed by atoms with van der Waals surface area (Å²) >= 11 is 0. The minimum absolute atomic E-state index is 0.0136. The van der Waals surface area contributed by atoms with Gasteiger partial charge in [0.25, 0.3) is 0 Å². The number of carbonyl (C=O) groups excluding carboxylic acids is 1. The Morgan fingerprint density at radius 3 is 2.19 bits per heavy atom. The van der Waals surface area contributed by atoms with Crippen molar-refractivity contribution >= 4 is 25.6 Å². The first-order chi connectivity index (χ1) is 9.59. The van der Waals surface area contributed by atoms with Crippen LogP contribution < -0.4 is 0 Å². The predicted molar refractivity (Wildman–Crippen MR) is 82.6 cm³/mol. The zero-order valence-electron chi connectivity index (χ0n) is 12.9. The van der Waals surface area contributed by atoms with E-state index in [2.05, 4.69) is 0 Å². The van der Waals surface area contributed by atoms with Gasteiger partial charge in [0, 0.05) is 18.8 Å². The summed E-state index contributed by atoms with van der Waals surface area (Å²) in [7, 11) is -5.17. The van der Waals surface area contributed by atoms with Crippen molar-refractivity contribution in [3.63, 3.8) is 0 Å². The lowest BCUT2D eigenvalue weighted by Gasteiger charge is -2.25. The van der Waals surface area contributed by atoms with Crippen molar-refractivity contribution in [1.29, 1.82) is 0 Å². The molecule has 1 atom stereocenters. The van der Waals surface area contributed by atoms with E-state index in [1.54, 1.807) is 13.8 Å². The van der Waals surface area contributed by atoms with E-state index in [4.69, 9.17) is 0 Å². The first kappa shape index (κ1) is 18.4. The number of rotatable bonds is 7. The van der Waals surface area contributed by atoms with Crippen molar-refractivity contribution in [2.24, 2.45) is 0 Å². The second-order valence-corrected chi connectivity index (χ2v) is 10.4. The molecule has 1 fully saturated rings. The smallest absolute Gasteiger partial charge is 0.237 e. The molecule has 0 N–H and O–H groups in total. The molecule has 1 amide bonds. The molecule has 1 aliphatic rings. The summed E-state index contributed by atoms with van der Waals surface area (Å²) in [6.07, 6.45) is 3.02. The van der Waals surface area contributed by atoms with Gasteiger partial charge in [-0.1, -0.05) is 19.8 Å². The molecule has 124 valence electrons. The van der Waals surface area contributed by atoms with E-state index in [1.807, 2.05) is 0 Å². The molecule has 0 radical (unpaired) electrons. The molecule has 0 aliphatic heterocycles. The van der Waals surface area contributed by atoms with Gasteiger partial charge in [-0.3, -0.25) is 4.79 Å². The van der Waals surface area contributed by atoms with Gasteiger partial charge in [0.05, 0.1) is 11.0 Å². The van der Waals surface area contributed by atoms with Crippen LogP contribution in [-0.2, 0) is 24.5 Å². The molecular weight excluding hydrogens is 314 g/mol. The van der Waals surface area contributed by atoms with Gasteiger partial charge in [-0.25, -0.2) is 16.8 Å². The van der Waals surface area contributed by atoms with Crippen molar-refractivity contribution in [3.8, 4) is 0 Å². The zero-order valence-corrected chi connectivity index (χ0v) is 14.5. The Balaban J connectivity index is 2.66. The third kappa shape index (κ3) is 5.25. The summed E-state index contributed by atoms with van der Waals surface area (Å²) in [5.74, 6) is -1.18. The highest BCUT2D eigenvalue weighted by molar-refractivity contribution is 7.92. The lowest BCUT2D eigenvalue weighted by atomic mass is 10.3. The summed E-state index contributed by atoms with van der Waals surface area (Å²) in [5, 5.41) is -0.412. The molecular formula is C13H25NO5S2. The molecule has 21 heavy (non-hydrogen) atoms. The largest absolute Gasteiger partial charge is 0.341 e. The zero-order chi connectivity index (χ0) is 16.3. The third-order valence-electron chi connectivity index (χ3n) is 4.12. The Labute approximate surface area is 127 Å². The summed E-state index contributed by atoms with van der Waals surface area (Å²) < 4.78 is 47.4. The lowest BCUT2D eigenvalue weighted by Crippen LogP contribution is -2.43. The minimum atomic E-state index is -3.43. The minimum Gasteiger partial charge on any atom is -0.341 e. The normalized spacial score (nSPS) is 18.6. The average Bonchev–Trinajstić information content (AvgIpc) is 2.91. The maximum absolute atomic E-state index is 12.1. The van der Waals surface area contributed by atoms with Crippen LogP contribution >= 0.6 is 0 Å². The monoisotopic (exact) mass is 339 g/mol. The first-order valence-corrected chi connectivity index (χ1v) is 10.8. The number of nitrogens with zero attached hydrogens (tertiary/aromatic N) is 1. The van der Waals surface area contributed by atoms with Gasteiger partial charge in [0.15, 0.2) is 19.7 Å². The molecule has 0 aromatic heterocycles. The van der Waals surface area contributed by atoms with Gasteiger partial charge >= 0.3 is 0 Å². The fraction of sp³-hybridized carbons (Fsp3) is 0.923. The number of carbonyl (C=O) groups is 1. The van der Waals surface area contributed by atoms with E-state index in [1.165, 1.54) is 11.9 Å². The van der Waals surface area contributed by atoms with Gasteiger partial charge < -0.3 is 4.90 Å². The number of amides is 1. The second kappa shape index (κ2) is 7.09. The van der Waals surface area contributed by atoms with Crippen LogP contribution in [0.4, 0.5) is 0 Å². The molecule has 0 aromatic carbocycles. The maximum atomic E-state index is 12.1. The SMILES string of the molecule is CCS(=O)(=O)C[C@H](C)N(C)C(=O)CS(=O)(=O)C1CCCC1. The van der Waals surface area contributed by atoms with E-state index >= 15 is 0 Å². The summed E-state index contributed by atoms with van der Waals surface area (Å²) in [5.41, 5.74) is 0. The van der Waals surface area contributed by atoms with Crippen molar-refractivity contribution in [2.75, 3.05) is 24.3 Å². The highest BCUT2D eigenvalue weighted by Crippen LogP contribution is 2.25. The van der Waals surface area contributed by atoms with Crippen LogP contribution in [0.1, 0.15) is 39.5 Å². The van der Waals surface area contributed by atoms with Gasteiger partial charge in [0.2, 0.25) is 5.91 Å². The van der Waals surface area contributed by atoms with Crippen LogP contribution in [0.5, 0.6) is 0 Å². The van der Waals surface area contributed by atoms with Crippen LogP contribution in [0.2, 0.25) is 0 Å². The standard InChI is InChI=1S/C13H25NO5S2/c1-4-20(16,17)9-11(2)14(3)13(15)10-21(18,19)12-7-5-6-8-12/h11-12H,4-10H2,1-3H3/t11-/m0/s1. The van der Waals surface area contributed by atoms with E-state index < -0.39 is 42.6 Å². The quantitative estimate of drug-likeness (QED) is 0.678. The summed E-state index contributed by atoms with van der Waals surface area (Å²) in [6, 6.07) is -0.527. The molecule has 1 rings (SSSR count). The van der Waals surface area contributed by atoms with E-state index in [-0.39, 0.29) is 11.5 Å². The van der Waals surface area contributed by atoms with E-state index in [0.717, 1.165) is 12.8 Å². The average molecular weight is 339 g/mol. The van der Waals surface area contributed by atoms with Crippen LogP contribution in [-0.4, -0.2) is 63.2 Å². The summed E-state index contributed by atoms with van der Waals surface area (Å²) in [6.45, 7) is 3.17. The van der Waals surface area contributed by atoms with E-state index in [9.17, 15) is 21.6 Å². The number of hydrogen-bond donors (Lipinski definition) is 0. The first-order valence-electron chi connectivity index (χ1n) is 7.26. The number of hydrogen-bond acceptors (Lipinski definition) is 5. The van der Waals surface area contributed by atoms with Crippen molar-refractivity contribution < 1.29 is 21.6 Å². The fourth-order valence-corrected chi connectivity index (χ4v) is 5.51. The topological polar surface area (TPSA) is 88.6 Å². The molecule has 0 spiro atoms. The predicted octanol–water partition coefficient (Wildman–Crippen LogP) is 0.625. The molecule has 1 aliphatic carbocycles. The number of sulfone groups is 2. The van der Waals surface area contributed by atoms with E-state index in [0.29, 0.717) is 12.8 Å². The van der Waals surface area contributed by atoms with Crippen molar-refractivity contribution in [3.05, 3.63) is 0 Å². The molecule has 0 saturated heterocycles. The highest BCUT2D eigenvalue weighted by atomic mass is 32.2. The Morgan fingerprint density at radius 2 is 1.71 bits per heavy atom. The van der Waals surface area contributed by atoms with Gasteiger partial charge in [-0.15, -0.1) is 0 Å². The lowest BCUT2D eigenvalue weighted by molar-refractivity contribution is -0.128. The molecule has 0 heterocycles. The highest BCUT2D eigenvalue weighted by Gasteiger charge is 2.32. The molecule has 8 heteroatoms. The van der Waals surface area contributed by atoms with Crippen LogP contribution in [0, 0.1) is 0 Å². The van der Waals surface area contributed by atoms with Crippen molar-refractivity contribution in [2.45, 2.75) is 50.8 Å². The van der Waals surface area contributed by atoms with Crippen LogP contribution in [0.25, 0.3) is 0 Å². The summed E-state index contributed by atoms with van der Waals surface area (Å²) in [4.78, 5) is 13.3. The molecule has 0 unspecified atom stereocenters. The fourth-order valence-electron chi connectivity index (χ4n) is 2.48. The van der Waals surface area contributed by atoms with Gasteiger partial charge in [-0.2, -0.15) is 0 Å². The van der Waals surface area contributed by atoms with Crippen molar-refractivity contribution in [1.82, 2.24) is 4.90 Å². The van der Waals surface area contributed by atoms with Gasteiger partial charge in [-0.05, 0) is 19.8 Å². The van der Waals surface area contributed by atoms with Gasteiger partial charge in [0.1, 0.15) is 5.75 Å². The Kier molecular flexibility index (Phi) is 6.22. The Hall–Kier alpha value is -0.630.